The smallest absolute Gasteiger partial charge is 0.160 e. The van der Waals surface area contributed by atoms with Crippen LogP contribution in [0.15, 0.2) is 176 Å². The van der Waals surface area contributed by atoms with Gasteiger partial charge in [0, 0.05) is 42.3 Å². The van der Waals surface area contributed by atoms with Crippen LogP contribution in [0, 0.1) is 0 Å². The van der Waals surface area contributed by atoms with Crippen molar-refractivity contribution in [2.45, 2.75) is 12.3 Å². The van der Waals surface area contributed by atoms with Gasteiger partial charge in [-0.3, -0.25) is 0 Å². The zero-order chi connectivity index (χ0) is 33.9. The van der Waals surface area contributed by atoms with E-state index in [2.05, 4.69) is 177 Å². The molecule has 0 saturated heterocycles. The first-order chi connectivity index (χ1) is 25.1. The van der Waals surface area contributed by atoms with Crippen molar-refractivity contribution in [3.63, 3.8) is 0 Å². The molecule has 240 valence electrons. The molecular formula is C48H32N2S. The Hall–Kier alpha value is -6.16. The second-order valence-corrected chi connectivity index (χ2v) is 14.6. The van der Waals surface area contributed by atoms with Gasteiger partial charge in [-0.2, -0.15) is 0 Å². The molecule has 1 aliphatic rings. The van der Waals surface area contributed by atoms with Gasteiger partial charge in [0.15, 0.2) is 5.82 Å². The van der Waals surface area contributed by atoms with Gasteiger partial charge < -0.3 is 0 Å². The highest BCUT2D eigenvalue weighted by Gasteiger charge is 2.40. The second kappa shape index (κ2) is 11.7. The Labute approximate surface area is 301 Å². The Balaban J connectivity index is 1.15. The van der Waals surface area contributed by atoms with E-state index in [1.165, 1.54) is 53.6 Å². The summed E-state index contributed by atoms with van der Waals surface area (Å²) in [5.74, 6) is 0.718. The van der Waals surface area contributed by atoms with E-state index >= 15 is 0 Å². The van der Waals surface area contributed by atoms with Crippen LogP contribution in [0.3, 0.4) is 0 Å². The van der Waals surface area contributed by atoms with Gasteiger partial charge in [-0.15, -0.1) is 11.3 Å². The summed E-state index contributed by atoms with van der Waals surface area (Å²) in [6, 6.07) is 63.3. The molecule has 2 heterocycles. The van der Waals surface area contributed by atoms with Crippen LogP contribution in [0.1, 0.15) is 23.6 Å². The Morgan fingerprint density at radius 1 is 0.412 bits per heavy atom. The van der Waals surface area contributed by atoms with E-state index in [1.54, 1.807) is 0 Å². The molecule has 0 fully saturated rings. The van der Waals surface area contributed by atoms with E-state index < -0.39 is 0 Å². The normalized spacial score (nSPS) is 14.8. The van der Waals surface area contributed by atoms with E-state index in [9.17, 15) is 0 Å². The fourth-order valence-electron chi connectivity index (χ4n) is 8.03. The Morgan fingerprint density at radius 3 is 1.88 bits per heavy atom. The summed E-state index contributed by atoms with van der Waals surface area (Å²) in [6.45, 7) is 2.37. The molecule has 0 N–H and O–H groups in total. The van der Waals surface area contributed by atoms with Crippen molar-refractivity contribution in [1.29, 1.82) is 0 Å². The zero-order valence-electron chi connectivity index (χ0n) is 28.0. The van der Waals surface area contributed by atoms with Gasteiger partial charge in [0.2, 0.25) is 0 Å². The molecule has 1 aliphatic carbocycles. The van der Waals surface area contributed by atoms with Crippen molar-refractivity contribution in [2.24, 2.45) is 0 Å². The van der Waals surface area contributed by atoms with Gasteiger partial charge in [0.25, 0.3) is 0 Å². The number of thiophene rings is 1. The first-order valence-electron chi connectivity index (χ1n) is 17.4. The minimum atomic E-state index is -0.272. The maximum atomic E-state index is 5.26. The van der Waals surface area contributed by atoms with Crippen LogP contribution in [0.4, 0.5) is 0 Å². The lowest BCUT2D eigenvalue weighted by Crippen LogP contribution is -2.22. The van der Waals surface area contributed by atoms with E-state index in [0.717, 1.165) is 39.5 Å². The van der Waals surface area contributed by atoms with Gasteiger partial charge in [-0.1, -0.05) is 152 Å². The maximum absolute atomic E-state index is 5.26. The van der Waals surface area contributed by atoms with Crippen molar-refractivity contribution in [1.82, 2.24) is 9.97 Å². The van der Waals surface area contributed by atoms with E-state index in [4.69, 9.17) is 9.97 Å². The summed E-state index contributed by atoms with van der Waals surface area (Å²) in [7, 11) is 0. The largest absolute Gasteiger partial charge is 0.228 e. The Bertz CT molecular complexity index is 2760. The molecule has 2 nitrogen and oxygen atoms in total. The summed E-state index contributed by atoms with van der Waals surface area (Å²) in [6.07, 6.45) is 0. The van der Waals surface area contributed by atoms with E-state index in [0.29, 0.717) is 0 Å². The SMILES string of the molecule is CC1(c2ccccc2)c2ccccc2-c2ccc(-c3ccccc3-c3cc(-c4ccc5c(c4)sc4ccccc45)nc(-c4ccccc4)n3)cc21. The zero-order valence-corrected chi connectivity index (χ0v) is 28.9. The molecule has 10 rings (SSSR count). The lowest BCUT2D eigenvalue weighted by atomic mass is 9.74. The number of hydrogen-bond donors (Lipinski definition) is 0. The third-order valence-corrected chi connectivity index (χ3v) is 11.7. The number of fused-ring (bicyclic) bond motifs is 6. The number of nitrogens with zero attached hydrogens (tertiary/aromatic N) is 2. The molecule has 0 amide bonds. The van der Waals surface area contributed by atoms with E-state index in [-0.39, 0.29) is 5.41 Å². The summed E-state index contributed by atoms with van der Waals surface area (Å²) < 4.78 is 2.56. The van der Waals surface area contributed by atoms with Crippen LogP contribution >= 0.6 is 11.3 Å². The molecule has 0 saturated carbocycles. The number of aromatic nitrogens is 2. The predicted octanol–water partition coefficient (Wildman–Crippen LogP) is 12.8. The molecule has 2 aromatic heterocycles. The standard InChI is InChI=1S/C48H32N2S/c1-48(34-16-6-3-7-17-34)41-22-12-10-19-36(41)37-26-24-32(28-42(37)48)35-18-8-9-20-38(35)44-30-43(49-47(50-44)31-14-4-2-5-15-31)33-25-27-40-39-21-11-13-23-45(39)51-46(40)29-33/h2-30H,1H3. The molecule has 7 aromatic carbocycles. The molecule has 0 spiro atoms. The highest BCUT2D eigenvalue weighted by atomic mass is 32.1. The van der Waals surface area contributed by atoms with Crippen molar-refractivity contribution in [3.8, 4) is 56.2 Å². The topological polar surface area (TPSA) is 25.8 Å². The monoisotopic (exact) mass is 668 g/mol. The lowest BCUT2D eigenvalue weighted by molar-refractivity contribution is 0.714. The Morgan fingerprint density at radius 2 is 1.04 bits per heavy atom. The molecule has 9 aromatic rings. The maximum Gasteiger partial charge on any atom is 0.160 e. The van der Waals surface area contributed by atoms with Crippen LogP contribution in [0.25, 0.3) is 76.3 Å². The van der Waals surface area contributed by atoms with Crippen LogP contribution < -0.4 is 0 Å². The lowest BCUT2D eigenvalue weighted by Gasteiger charge is -2.28. The minimum Gasteiger partial charge on any atom is -0.228 e. The van der Waals surface area contributed by atoms with Crippen molar-refractivity contribution in [2.75, 3.05) is 0 Å². The van der Waals surface area contributed by atoms with Crippen molar-refractivity contribution in [3.05, 3.63) is 193 Å². The number of rotatable bonds is 5. The highest BCUT2D eigenvalue weighted by Crippen LogP contribution is 2.53. The molecule has 0 bridgehead atoms. The first-order valence-corrected chi connectivity index (χ1v) is 18.2. The Kier molecular flexibility index (Phi) is 6.83. The van der Waals surface area contributed by atoms with Crippen molar-refractivity contribution >= 4 is 31.5 Å². The van der Waals surface area contributed by atoms with Crippen LogP contribution in [0.5, 0.6) is 0 Å². The van der Waals surface area contributed by atoms with Gasteiger partial charge >= 0.3 is 0 Å². The molecule has 1 unspecified atom stereocenters. The van der Waals surface area contributed by atoms with Gasteiger partial charge in [0.05, 0.1) is 11.4 Å². The summed E-state index contributed by atoms with van der Waals surface area (Å²) in [4.78, 5) is 10.4. The van der Waals surface area contributed by atoms with Gasteiger partial charge in [-0.25, -0.2) is 9.97 Å². The second-order valence-electron chi connectivity index (χ2n) is 13.5. The average molecular weight is 669 g/mol. The summed E-state index contributed by atoms with van der Waals surface area (Å²) >= 11 is 1.83. The molecule has 1 atom stereocenters. The molecule has 0 aliphatic heterocycles. The van der Waals surface area contributed by atoms with E-state index in [1.807, 2.05) is 17.4 Å². The average Bonchev–Trinajstić information content (AvgIpc) is 3.71. The molecule has 51 heavy (non-hydrogen) atoms. The fraction of sp³-hybridized carbons (Fsp3) is 0.0417. The van der Waals surface area contributed by atoms with Gasteiger partial charge in [0.1, 0.15) is 0 Å². The first kappa shape index (κ1) is 29.7. The molecule has 3 heteroatoms. The fourth-order valence-corrected chi connectivity index (χ4v) is 9.18. The number of benzene rings is 7. The van der Waals surface area contributed by atoms with Crippen molar-refractivity contribution < 1.29 is 0 Å². The third-order valence-electron chi connectivity index (χ3n) is 10.6. The summed E-state index contributed by atoms with van der Waals surface area (Å²) in [5, 5.41) is 2.58. The van der Waals surface area contributed by atoms with Crippen LogP contribution in [-0.4, -0.2) is 9.97 Å². The van der Waals surface area contributed by atoms with Crippen LogP contribution in [-0.2, 0) is 5.41 Å². The highest BCUT2D eigenvalue weighted by molar-refractivity contribution is 7.25. The predicted molar refractivity (Wildman–Crippen MR) is 214 cm³/mol. The minimum absolute atomic E-state index is 0.272. The summed E-state index contributed by atoms with van der Waals surface area (Å²) in [5.41, 5.74) is 13.6. The number of hydrogen-bond acceptors (Lipinski definition) is 3. The molecule has 0 radical (unpaired) electrons. The molecular weight excluding hydrogens is 637 g/mol. The van der Waals surface area contributed by atoms with Crippen LogP contribution in [0.2, 0.25) is 0 Å². The third kappa shape index (κ3) is 4.77. The quantitative estimate of drug-likeness (QED) is 0.182. The van der Waals surface area contributed by atoms with Gasteiger partial charge in [-0.05, 0) is 70.1 Å².